The summed E-state index contributed by atoms with van der Waals surface area (Å²) in [5, 5.41) is 11.2. The van der Waals surface area contributed by atoms with Crippen LogP contribution in [0.1, 0.15) is 22.7 Å². The molecule has 3 aromatic rings. The second-order valence-electron chi connectivity index (χ2n) is 7.43. The molecule has 2 aliphatic rings. The van der Waals surface area contributed by atoms with Crippen LogP contribution in [0, 0.1) is 0 Å². The van der Waals surface area contributed by atoms with Crippen molar-refractivity contribution in [2.75, 3.05) is 13.2 Å². The van der Waals surface area contributed by atoms with Crippen molar-refractivity contribution in [2.24, 2.45) is 0 Å². The summed E-state index contributed by atoms with van der Waals surface area (Å²) in [6, 6.07) is 11.2. The van der Waals surface area contributed by atoms with E-state index >= 15 is 0 Å². The number of aliphatic hydroxyl groups excluding tert-OH is 1. The average molecular weight is 429 g/mol. The van der Waals surface area contributed by atoms with E-state index in [9.17, 15) is 14.7 Å². The minimum Gasteiger partial charge on any atom is -0.507 e. The van der Waals surface area contributed by atoms with Gasteiger partial charge in [0, 0.05) is 36.9 Å². The molecular formula is C24H19N3O5. The van der Waals surface area contributed by atoms with E-state index in [1.807, 2.05) is 0 Å². The Hall–Kier alpha value is -4.20. The standard InChI is InChI=1S/C24H19N3O5/c28-22(16-3-4-18-19(12-16)32-11-10-31-18)20-21(17-2-1-7-26-13-17)27(24(30)23(20)29)14-15-5-8-25-9-6-15/h1-9,12-13,21,28H,10-11,14H2/t21-/m0/s1. The zero-order valence-corrected chi connectivity index (χ0v) is 17.0. The maximum absolute atomic E-state index is 13.1. The smallest absolute Gasteiger partial charge is 0.295 e. The first-order valence-electron chi connectivity index (χ1n) is 10.1. The van der Waals surface area contributed by atoms with Gasteiger partial charge in [0.1, 0.15) is 19.0 Å². The number of carbonyl (C=O) groups is 2. The molecule has 1 amide bonds. The van der Waals surface area contributed by atoms with Gasteiger partial charge in [0.15, 0.2) is 11.5 Å². The predicted molar refractivity (Wildman–Crippen MR) is 114 cm³/mol. The second kappa shape index (κ2) is 8.14. The van der Waals surface area contributed by atoms with Crippen molar-refractivity contribution in [1.82, 2.24) is 14.9 Å². The van der Waals surface area contributed by atoms with Gasteiger partial charge in [-0.25, -0.2) is 0 Å². The number of benzene rings is 1. The van der Waals surface area contributed by atoms with Crippen molar-refractivity contribution in [3.8, 4) is 11.5 Å². The molecule has 1 fully saturated rings. The van der Waals surface area contributed by atoms with E-state index in [1.165, 1.54) is 4.90 Å². The van der Waals surface area contributed by atoms with Crippen molar-refractivity contribution in [3.63, 3.8) is 0 Å². The van der Waals surface area contributed by atoms with Crippen molar-refractivity contribution < 1.29 is 24.2 Å². The molecule has 1 atom stereocenters. The molecular weight excluding hydrogens is 410 g/mol. The van der Waals surface area contributed by atoms with Gasteiger partial charge in [-0.3, -0.25) is 19.6 Å². The van der Waals surface area contributed by atoms with Crippen LogP contribution in [0.15, 0.2) is 72.8 Å². The Kier molecular flexibility index (Phi) is 5.03. The van der Waals surface area contributed by atoms with Crippen LogP contribution in [0.25, 0.3) is 5.76 Å². The van der Waals surface area contributed by atoms with Gasteiger partial charge >= 0.3 is 0 Å². The number of aliphatic hydroxyl groups is 1. The van der Waals surface area contributed by atoms with E-state index < -0.39 is 17.7 Å². The number of rotatable bonds is 4. The largest absolute Gasteiger partial charge is 0.507 e. The number of likely N-dealkylation sites (tertiary alicyclic amines) is 1. The molecule has 8 nitrogen and oxygen atoms in total. The van der Waals surface area contributed by atoms with Gasteiger partial charge in [0.25, 0.3) is 11.7 Å². The molecule has 1 aromatic carbocycles. The van der Waals surface area contributed by atoms with Crippen LogP contribution in [0.2, 0.25) is 0 Å². The lowest BCUT2D eigenvalue weighted by Crippen LogP contribution is -2.29. The van der Waals surface area contributed by atoms with Gasteiger partial charge in [0.05, 0.1) is 11.6 Å². The number of Topliss-reactive ketones (excluding diaryl/α,β-unsaturated/α-hetero) is 1. The van der Waals surface area contributed by atoms with Crippen LogP contribution in [0.3, 0.4) is 0 Å². The molecule has 5 rings (SSSR count). The Morgan fingerprint density at radius 1 is 1.00 bits per heavy atom. The van der Waals surface area contributed by atoms with Gasteiger partial charge in [-0.15, -0.1) is 0 Å². The number of ether oxygens (including phenoxy) is 2. The van der Waals surface area contributed by atoms with Crippen LogP contribution in [0.5, 0.6) is 11.5 Å². The Balaban J connectivity index is 1.62. The van der Waals surface area contributed by atoms with Gasteiger partial charge < -0.3 is 19.5 Å². The first kappa shape index (κ1) is 19.7. The fourth-order valence-corrected chi connectivity index (χ4v) is 3.96. The molecule has 0 aliphatic carbocycles. The lowest BCUT2D eigenvalue weighted by molar-refractivity contribution is -0.140. The van der Waals surface area contributed by atoms with Gasteiger partial charge in [-0.1, -0.05) is 6.07 Å². The van der Waals surface area contributed by atoms with Gasteiger partial charge in [0.2, 0.25) is 0 Å². The summed E-state index contributed by atoms with van der Waals surface area (Å²) in [6.45, 7) is 1.02. The number of hydrogen-bond acceptors (Lipinski definition) is 7. The second-order valence-corrected chi connectivity index (χ2v) is 7.43. The third kappa shape index (κ3) is 3.45. The summed E-state index contributed by atoms with van der Waals surface area (Å²) in [4.78, 5) is 35.7. The number of pyridine rings is 2. The van der Waals surface area contributed by atoms with E-state index in [2.05, 4.69) is 9.97 Å². The van der Waals surface area contributed by atoms with Gasteiger partial charge in [-0.05, 0) is 47.5 Å². The van der Waals surface area contributed by atoms with Crippen LogP contribution in [0.4, 0.5) is 0 Å². The summed E-state index contributed by atoms with van der Waals surface area (Å²) >= 11 is 0. The minimum absolute atomic E-state index is 0.00809. The number of ketones is 1. The SMILES string of the molecule is O=C1C(=O)N(Cc2ccncc2)[C@@H](c2cccnc2)C1=C(O)c1ccc2c(c1)OCCO2. The fraction of sp³-hybridized carbons (Fsp3) is 0.167. The first-order valence-corrected chi connectivity index (χ1v) is 10.1. The Bertz CT molecular complexity index is 1210. The molecule has 8 heteroatoms. The zero-order chi connectivity index (χ0) is 22.1. The maximum atomic E-state index is 13.1. The molecule has 0 bridgehead atoms. The van der Waals surface area contributed by atoms with Crippen molar-refractivity contribution >= 4 is 17.4 Å². The first-order chi connectivity index (χ1) is 15.6. The molecule has 160 valence electrons. The van der Waals surface area contributed by atoms with E-state index in [1.54, 1.807) is 67.3 Å². The predicted octanol–water partition coefficient (Wildman–Crippen LogP) is 2.87. The topological polar surface area (TPSA) is 102 Å². The van der Waals surface area contributed by atoms with Gasteiger partial charge in [-0.2, -0.15) is 0 Å². The average Bonchev–Trinajstić information content (AvgIpc) is 3.09. The molecule has 2 aromatic heterocycles. The quantitative estimate of drug-likeness (QED) is 0.387. The number of carbonyl (C=O) groups excluding carboxylic acids is 2. The van der Waals surface area contributed by atoms with E-state index in [0.717, 1.165) is 5.56 Å². The molecule has 4 heterocycles. The monoisotopic (exact) mass is 429 g/mol. The molecule has 0 unspecified atom stereocenters. The molecule has 32 heavy (non-hydrogen) atoms. The zero-order valence-electron chi connectivity index (χ0n) is 17.0. The Labute approximate surface area is 183 Å². The summed E-state index contributed by atoms with van der Waals surface area (Å²) < 4.78 is 11.1. The lowest BCUT2D eigenvalue weighted by Gasteiger charge is -2.25. The van der Waals surface area contributed by atoms with Crippen LogP contribution < -0.4 is 9.47 Å². The molecule has 0 radical (unpaired) electrons. The van der Waals surface area contributed by atoms with Crippen LogP contribution in [-0.4, -0.2) is 44.9 Å². The maximum Gasteiger partial charge on any atom is 0.295 e. The number of nitrogens with zero attached hydrogens (tertiary/aromatic N) is 3. The molecule has 2 aliphatic heterocycles. The summed E-state index contributed by atoms with van der Waals surface area (Å²) in [7, 11) is 0. The minimum atomic E-state index is -0.787. The summed E-state index contributed by atoms with van der Waals surface area (Å²) in [6.07, 6.45) is 6.45. The highest BCUT2D eigenvalue weighted by molar-refractivity contribution is 6.46. The number of hydrogen-bond donors (Lipinski definition) is 1. The van der Waals surface area contributed by atoms with Crippen LogP contribution in [-0.2, 0) is 16.1 Å². The number of aromatic nitrogens is 2. The highest BCUT2D eigenvalue weighted by atomic mass is 16.6. The molecule has 0 spiro atoms. The van der Waals surface area contributed by atoms with Crippen LogP contribution >= 0.6 is 0 Å². The third-order valence-corrected chi connectivity index (χ3v) is 5.46. The molecule has 0 saturated carbocycles. The van der Waals surface area contributed by atoms with E-state index in [-0.39, 0.29) is 17.9 Å². The lowest BCUT2D eigenvalue weighted by atomic mass is 9.96. The highest BCUT2D eigenvalue weighted by Gasteiger charge is 2.46. The van der Waals surface area contributed by atoms with E-state index in [4.69, 9.17) is 9.47 Å². The van der Waals surface area contributed by atoms with Crippen molar-refractivity contribution in [3.05, 3.63) is 89.5 Å². The number of fused-ring (bicyclic) bond motifs is 1. The van der Waals surface area contributed by atoms with Crippen molar-refractivity contribution in [2.45, 2.75) is 12.6 Å². The molecule has 1 N–H and O–H groups in total. The Morgan fingerprint density at radius 2 is 1.78 bits per heavy atom. The summed E-state index contributed by atoms with van der Waals surface area (Å²) in [5.41, 5.74) is 1.81. The number of amides is 1. The Morgan fingerprint density at radius 3 is 2.53 bits per heavy atom. The third-order valence-electron chi connectivity index (χ3n) is 5.46. The normalized spacial score (nSPS) is 19.2. The highest BCUT2D eigenvalue weighted by Crippen LogP contribution is 2.41. The van der Waals surface area contributed by atoms with Crippen molar-refractivity contribution in [1.29, 1.82) is 0 Å². The summed E-state index contributed by atoms with van der Waals surface area (Å²) in [5.74, 6) is -0.666. The van der Waals surface area contributed by atoms with E-state index in [0.29, 0.717) is 35.8 Å². The fourth-order valence-electron chi connectivity index (χ4n) is 3.96. The molecule has 1 saturated heterocycles.